The molecule has 0 spiro atoms. The molecule has 0 radical (unpaired) electrons. The molecule has 0 aliphatic carbocycles. The molecular formula is C19H28IN5OS. The fourth-order valence-corrected chi connectivity index (χ4v) is 3.89. The van der Waals surface area contributed by atoms with Gasteiger partial charge in [-0.3, -0.25) is 0 Å². The summed E-state index contributed by atoms with van der Waals surface area (Å²) >= 11 is 1.81. The number of hydrogen-bond donors (Lipinski definition) is 2. The van der Waals surface area contributed by atoms with E-state index < -0.39 is 0 Å². The number of anilines is 1. The second-order valence-corrected chi connectivity index (χ2v) is 7.15. The van der Waals surface area contributed by atoms with Gasteiger partial charge in [0.1, 0.15) is 0 Å². The number of ether oxygens (including phenoxy) is 1. The van der Waals surface area contributed by atoms with Crippen LogP contribution in [0.1, 0.15) is 25.3 Å². The van der Waals surface area contributed by atoms with E-state index in [9.17, 15) is 0 Å². The van der Waals surface area contributed by atoms with E-state index in [-0.39, 0.29) is 24.0 Å². The van der Waals surface area contributed by atoms with E-state index in [0.29, 0.717) is 18.5 Å². The fraction of sp³-hybridized carbons (Fsp3) is 0.474. The van der Waals surface area contributed by atoms with Crippen molar-refractivity contribution >= 4 is 46.3 Å². The van der Waals surface area contributed by atoms with Crippen molar-refractivity contribution in [2.45, 2.75) is 32.4 Å². The summed E-state index contributed by atoms with van der Waals surface area (Å²) in [4.78, 5) is 11.4. The summed E-state index contributed by atoms with van der Waals surface area (Å²) in [7, 11) is 1.64. The average Bonchev–Trinajstić information content (AvgIpc) is 3.22. The van der Waals surface area contributed by atoms with Crippen LogP contribution in [0.3, 0.4) is 0 Å². The van der Waals surface area contributed by atoms with Gasteiger partial charge in [-0.2, -0.15) is 0 Å². The molecule has 27 heavy (non-hydrogen) atoms. The smallest absolute Gasteiger partial charge is 0.218 e. The minimum Gasteiger partial charge on any atom is -0.481 e. The minimum atomic E-state index is 0. The maximum Gasteiger partial charge on any atom is 0.218 e. The number of nitrogens with zero attached hydrogens (tertiary/aromatic N) is 3. The third-order valence-electron chi connectivity index (χ3n) is 4.45. The molecular weight excluding hydrogens is 473 g/mol. The second kappa shape index (κ2) is 11.3. The molecule has 0 unspecified atom stereocenters. The van der Waals surface area contributed by atoms with Crippen molar-refractivity contribution in [1.82, 2.24) is 15.6 Å². The van der Waals surface area contributed by atoms with Gasteiger partial charge >= 0.3 is 0 Å². The van der Waals surface area contributed by atoms with Crippen LogP contribution in [0, 0.1) is 0 Å². The molecule has 8 heteroatoms. The van der Waals surface area contributed by atoms with Crippen LogP contribution >= 0.6 is 35.3 Å². The highest BCUT2D eigenvalue weighted by atomic mass is 127. The molecule has 1 fully saturated rings. The summed E-state index contributed by atoms with van der Waals surface area (Å²) in [5.74, 6) is 1.49. The van der Waals surface area contributed by atoms with E-state index in [1.807, 2.05) is 23.5 Å². The van der Waals surface area contributed by atoms with Gasteiger partial charge in [-0.05, 0) is 43.3 Å². The Kier molecular flexibility index (Phi) is 9.12. The Bertz CT molecular complexity index is 702. The summed E-state index contributed by atoms with van der Waals surface area (Å²) in [6, 6.07) is 8.67. The number of halogens is 1. The van der Waals surface area contributed by atoms with Crippen LogP contribution in [0.25, 0.3) is 0 Å². The molecule has 1 aliphatic rings. The number of hydrogen-bond acceptors (Lipinski definition) is 5. The van der Waals surface area contributed by atoms with Gasteiger partial charge < -0.3 is 20.3 Å². The highest BCUT2D eigenvalue weighted by molar-refractivity contribution is 14.0. The summed E-state index contributed by atoms with van der Waals surface area (Å²) in [5, 5.41) is 10.4. The lowest BCUT2D eigenvalue weighted by Crippen LogP contribution is -2.48. The molecule has 0 atom stereocenters. The SMILES string of the molecule is CCNC(=NCc1cccnc1OC)NC1CCN(c2cccs2)CC1.I. The Morgan fingerprint density at radius 2 is 2.15 bits per heavy atom. The fourth-order valence-electron chi connectivity index (χ4n) is 3.10. The molecule has 0 saturated carbocycles. The van der Waals surface area contributed by atoms with Gasteiger partial charge in [0.25, 0.3) is 0 Å². The van der Waals surface area contributed by atoms with Gasteiger partial charge in [0, 0.05) is 37.4 Å². The summed E-state index contributed by atoms with van der Waals surface area (Å²) in [6.07, 6.45) is 3.95. The number of rotatable bonds is 6. The molecule has 2 N–H and O–H groups in total. The number of aliphatic imine (C=N–C) groups is 1. The van der Waals surface area contributed by atoms with Crippen molar-refractivity contribution in [3.63, 3.8) is 0 Å². The number of pyridine rings is 1. The van der Waals surface area contributed by atoms with Crippen LogP contribution < -0.4 is 20.3 Å². The van der Waals surface area contributed by atoms with Crippen molar-refractivity contribution in [1.29, 1.82) is 0 Å². The van der Waals surface area contributed by atoms with Crippen LogP contribution in [0.5, 0.6) is 5.88 Å². The quantitative estimate of drug-likeness (QED) is 0.361. The van der Waals surface area contributed by atoms with Crippen molar-refractivity contribution in [2.75, 3.05) is 31.6 Å². The number of nitrogens with one attached hydrogen (secondary N) is 2. The molecule has 0 amide bonds. The number of piperidine rings is 1. The maximum absolute atomic E-state index is 5.31. The lowest BCUT2D eigenvalue weighted by Gasteiger charge is -2.33. The molecule has 3 heterocycles. The Morgan fingerprint density at radius 3 is 2.81 bits per heavy atom. The standard InChI is InChI=1S/C19H27N5OS.HI/c1-3-20-19(22-14-15-6-4-10-21-18(15)25-2)23-16-8-11-24(12-9-16)17-7-5-13-26-17;/h4-7,10,13,16H,3,8-9,11-12,14H2,1-2H3,(H2,20,22,23);1H. The number of methoxy groups -OCH3 is 1. The monoisotopic (exact) mass is 501 g/mol. The Hall–Kier alpha value is -1.55. The van der Waals surface area contributed by atoms with Crippen LogP contribution in [0.2, 0.25) is 0 Å². The molecule has 1 aliphatic heterocycles. The molecule has 2 aromatic heterocycles. The zero-order valence-electron chi connectivity index (χ0n) is 15.9. The molecule has 6 nitrogen and oxygen atoms in total. The van der Waals surface area contributed by atoms with Crippen molar-refractivity contribution < 1.29 is 4.74 Å². The van der Waals surface area contributed by atoms with Gasteiger partial charge in [0.15, 0.2) is 5.96 Å². The topological polar surface area (TPSA) is 61.8 Å². The number of aromatic nitrogens is 1. The molecule has 0 bridgehead atoms. The zero-order chi connectivity index (χ0) is 18.2. The van der Waals surface area contributed by atoms with Crippen molar-refractivity contribution in [3.8, 4) is 5.88 Å². The van der Waals surface area contributed by atoms with Crippen LogP contribution in [0.15, 0.2) is 40.8 Å². The maximum atomic E-state index is 5.31. The third kappa shape index (κ3) is 6.24. The van der Waals surface area contributed by atoms with Crippen LogP contribution in [0.4, 0.5) is 5.00 Å². The Balaban J connectivity index is 0.00000261. The highest BCUT2D eigenvalue weighted by Crippen LogP contribution is 2.24. The molecule has 1 saturated heterocycles. The van der Waals surface area contributed by atoms with Crippen molar-refractivity contribution in [2.24, 2.45) is 4.99 Å². The first kappa shape index (κ1) is 21.7. The molecule has 148 valence electrons. The van der Waals surface area contributed by atoms with Crippen LogP contribution in [-0.4, -0.2) is 43.7 Å². The predicted octanol–water partition coefficient (Wildman–Crippen LogP) is 3.49. The largest absolute Gasteiger partial charge is 0.481 e. The Morgan fingerprint density at radius 1 is 1.33 bits per heavy atom. The first-order chi connectivity index (χ1) is 12.8. The third-order valence-corrected chi connectivity index (χ3v) is 5.38. The minimum absolute atomic E-state index is 0. The lowest BCUT2D eigenvalue weighted by molar-refractivity contribution is 0.392. The van der Waals surface area contributed by atoms with Gasteiger partial charge in [0.05, 0.1) is 18.7 Å². The molecule has 3 rings (SSSR count). The zero-order valence-corrected chi connectivity index (χ0v) is 19.0. The lowest BCUT2D eigenvalue weighted by atomic mass is 10.1. The Labute approximate surface area is 182 Å². The summed E-state index contributed by atoms with van der Waals surface area (Å²) < 4.78 is 5.31. The predicted molar refractivity (Wildman–Crippen MR) is 124 cm³/mol. The van der Waals surface area contributed by atoms with E-state index >= 15 is 0 Å². The molecule has 2 aromatic rings. The number of thiophene rings is 1. The summed E-state index contributed by atoms with van der Waals surface area (Å²) in [6.45, 7) is 5.62. The van der Waals surface area contributed by atoms with Gasteiger partial charge in [0.2, 0.25) is 5.88 Å². The van der Waals surface area contributed by atoms with Gasteiger partial charge in [-0.25, -0.2) is 9.98 Å². The van der Waals surface area contributed by atoms with E-state index in [0.717, 1.165) is 44.0 Å². The second-order valence-electron chi connectivity index (χ2n) is 6.22. The van der Waals surface area contributed by atoms with E-state index in [4.69, 9.17) is 9.73 Å². The molecule has 0 aromatic carbocycles. The van der Waals surface area contributed by atoms with Gasteiger partial charge in [-0.1, -0.05) is 6.07 Å². The normalized spacial score (nSPS) is 15.2. The van der Waals surface area contributed by atoms with Crippen molar-refractivity contribution in [3.05, 3.63) is 41.4 Å². The number of guanidine groups is 1. The first-order valence-electron chi connectivity index (χ1n) is 9.11. The summed E-state index contributed by atoms with van der Waals surface area (Å²) in [5.41, 5.74) is 0.986. The van der Waals surface area contributed by atoms with E-state index in [1.165, 1.54) is 5.00 Å². The van der Waals surface area contributed by atoms with Gasteiger partial charge in [-0.15, -0.1) is 35.3 Å². The van der Waals surface area contributed by atoms with E-state index in [2.05, 4.69) is 45.0 Å². The first-order valence-corrected chi connectivity index (χ1v) is 9.99. The highest BCUT2D eigenvalue weighted by Gasteiger charge is 2.20. The van der Waals surface area contributed by atoms with Crippen LogP contribution in [-0.2, 0) is 6.54 Å². The average molecular weight is 501 g/mol. The van der Waals surface area contributed by atoms with E-state index in [1.54, 1.807) is 13.3 Å².